The summed E-state index contributed by atoms with van der Waals surface area (Å²) >= 11 is 0. The highest BCUT2D eigenvalue weighted by Crippen LogP contribution is 2.11. The minimum absolute atomic E-state index is 0. The van der Waals surface area contributed by atoms with Crippen molar-refractivity contribution < 1.29 is 4.74 Å². The Labute approximate surface area is 129 Å². The van der Waals surface area contributed by atoms with Crippen molar-refractivity contribution in [2.75, 3.05) is 26.2 Å². The number of hydrogen-bond acceptors (Lipinski definition) is 3. The van der Waals surface area contributed by atoms with E-state index >= 15 is 0 Å². The molecule has 3 nitrogen and oxygen atoms in total. The van der Waals surface area contributed by atoms with Gasteiger partial charge in [-0.2, -0.15) is 0 Å². The summed E-state index contributed by atoms with van der Waals surface area (Å²) in [7, 11) is 0. The van der Waals surface area contributed by atoms with Crippen molar-refractivity contribution in [1.82, 2.24) is 10.6 Å². The summed E-state index contributed by atoms with van der Waals surface area (Å²) in [6.45, 7) is 8.99. The predicted molar refractivity (Wildman–Crippen MR) is 87.0 cm³/mol. The monoisotopic (exact) mass is 308 g/mol. The van der Waals surface area contributed by atoms with Crippen LogP contribution in [-0.2, 0) is 6.54 Å². The first-order valence-corrected chi connectivity index (χ1v) is 6.50. The van der Waals surface area contributed by atoms with E-state index in [1.165, 1.54) is 12.0 Å². The molecule has 0 radical (unpaired) electrons. The Hall–Kier alpha value is -0.480. The molecule has 0 bridgehead atoms. The average Bonchev–Trinajstić information content (AvgIpc) is 2.36. The molecule has 1 aromatic rings. The van der Waals surface area contributed by atoms with Gasteiger partial charge >= 0.3 is 0 Å². The number of rotatable bonds is 9. The van der Waals surface area contributed by atoms with Crippen LogP contribution in [0.5, 0.6) is 5.75 Å². The van der Waals surface area contributed by atoms with Crippen LogP contribution < -0.4 is 15.4 Å². The molecule has 0 saturated heterocycles. The maximum Gasteiger partial charge on any atom is 0.119 e. The molecule has 0 aliphatic rings. The molecule has 0 spiro atoms. The number of benzene rings is 1. The summed E-state index contributed by atoms with van der Waals surface area (Å²) in [6.07, 6.45) is 1.17. The standard InChI is InChI=1S/C14H24N2O.2ClH/c1-3-15-10-5-11-16-12-13-6-8-14(9-7-13)17-4-2;;/h6-9,15-16H,3-5,10-12H2,1-2H3;2*1H. The molecule has 112 valence electrons. The molecule has 0 aliphatic heterocycles. The quantitative estimate of drug-likeness (QED) is 0.688. The van der Waals surface area contributed by atoms with Gasteiger partial charge in [0.15, 0.2) is 0 Å². The molecule has 2 N–H and O–H groups in total. The molecular weight excluding hydrogens is 283 g/mol. The lowest BCUT2D eigenvalue weighted by Gasteiger charge is -2.07. The minimum Gasteiger partial charge on any atom is -0.494 e. The van der Waals surface area contributed by atoms with E-state index in [2.05, 4.69) is 29.7 Å². The first kappa shape index (κ1) is 20.8. The molecule has 19 heavy (non-hydrogen) atoms. The van der Waals surface area contributed by atoms with Gasteiger partial charge in [0.05, 0.1) is 6.61 Å². The van der Waals surface area contributed by atoms with E-state index in [0.29, 0.717) is 0 Å². The first-order chi connectivity index (χ1) is 8.36. The summed E-state index contributed by atoms with van der Waals surface area (Å²) in [4.78, 5) is 0. The van der Waals surface area contributed by atoms with Gasteiger partial charge in [0.2, 0.25) is 0 Å². The zero-order valence-electron chi connectivity index (χ0n) is 11.8. The Morgan fingerprint density at radius 1 is 0.947 bits per heavy atom. The third kappa shape index (κ3) is 10.0. The van der Waals surface area contributed by atoms with Gasteiger partial charge in [-0.15, -0.1) is 24.8 Å². The van der Waals surface area contributed by atoms with Crippen LogP contribution in [0.3, 0.4) is 0 Å². The molecule has 0 saturated carbocycles. The number of halogens is 2. The van der Waals surface area contributed by atoms with E-state index in [4.69, 9.17) is 4.74 Å². The van der Waals surface area contributed by atoms with Gasteiger partial charge in [0.25, 0.3) is 0 Å². The third-order valence-electron chi connectivity index (χ3n) is 2.52. The Kier molecular flexibility index (Phi) is 15.3. The molecule has 0 aliphatic carbocycles. The van der Waals surface area contributed by atoms with Crippen LogP contribution in [0.25, 0.3) is 0 Å². The van der Waals surface area contributed by atoms with Gasteiger partial charge < -0.3 is 15.4 Å². The van der Waals surface area contributed by atoms with Crippen molar-refractivity contribution in [3.8, 4) is 5.75 Å². The SMILES string of the molecule is CCNCCCNCc1ccc(OCC)cc1.Cl.Cl. The van der Waals surface area contributed by atoms with Crippen molar-refractivity contribution in [1.29, 1.82) is 0 Å². The van der Waals surface area contributed by atoms with E-state index in [1.54, 1.807) is 0 Å². The lowest BCUT2D eigenvalue weighted by molar-refractivity contribution is 0.340. The smallest absolute Gasteiger partial charge is 0.119 e. The minimum atomic E-state index is 0. The van der Waals surface area contributed by atoms with Crippen molar-refractivity contribution in [2.45, 2.75) is 26.8 Å². The summed E-state index contributed by atoms with van der Waals surface area (Å²) in [5.41, 5.74) is 1.30. The van der Waals surface area contributed by atoms with Crippen molar-refractivity contribution in [3.63, 3.8) is 0 Å². The van der Waals surface area contributed by atoms with Gasteiger partial charge in [-0.25, -0.2) is 0 Å². The fourth-order valence-corrected chi connectivity index (χ4v) is 1.62. The normalized spacial score (nSPS) is 9.37. The van der Waals surface area contributed by atoms with Crippen LogP contribution in [0.4, 0.5) is 0 Å². The lowest BCUT2D eigenvalue weighted by atomic mass is 10.2. The molecule has 1 aromatic carbocycles. The molecule has 0 unspecified atom stereocenters. The van der Waals surface area contributed by atoms with Crippen LogP contribution >= 0.6 is 24.8 Å². The molecule has 0 amide bonds. The largest absolute Gasteiger partial charge is 0.494 e. The Morgan fingerprint density at radius 2 is 1.58 bits per heavy atom. The zero-order chi connectivity index (χ0) is 12.3. The number of nitrogens with one attached hydrogen (secondary N) is 2. The van der Waals surface area contributed by atoms with Gasteiger partial charge in [0.1, 0.15) is 5.75 Å². The molecule has 0 heterocycles. The third-order valence-corrected chi connectivity index (χ3v) is 2.52. The highest BCUT2D eigenvalue weighted by atomic mass is 35.5. The summed E-state index contributed by atoms with van der Waals surface area (Å²) in [5.74, 6) is 0.948. The second-order valence-corrected chi connectivity index (χ2v) is 3.96. The van der Waals surface area contributed by atoms with E-state index < -0.39 is 0 Å². The van der Waals surface area contributed by atoms with Crippen LogP contribution in [0.1, 0.15) is 25.8 Å². The summed E-state index contributed by atoms with van der Waals surface area (Å²) in [5, 5.41) is 6.74. The fourth-order valence-electron chi connectivity index (χ4n) is 1.62. The van der Waals surface area contributed by atoms with Crippen LogP contribution in [-0.4, -0.2) is 26.2 Å². The molecule has 1 rings (SSSR count). The van der Waals surface area contributed by atoms with Crippen molar-refractivity contribution >= 4 is 24.8 Å². The molecule has 5 heteroatoms. The number of hydrogen-bond donors (Lipinski definition) is 2. The van der Waals surface area contributed by atoms with Crippen LogP contribution in [0, 0.1) is 0 Å². The zero-order valence-corrected chi connectivity index (χ0v) is 13.4. The lowest BCUT2D eigenvalue weighted by Crippen LogP contribution is -2.21. The van der Waals surface area contributed by atoms with E-state index in [0.717, 1.165) is 38.5 Å². The second kappa shape index (κ2) is 13.9. The van der Waals surface area contributed by atoms with E-state index in [9.17, 15) is 0 Å². The predicted octanol–water partition coefficient (Wildman–Crippen LogP) is 3.02. The highest BCUT2D eigenvalue weighted by molar-refractivity contribution is 5.85. The Morgan fingerprint density at radius 3 is 2.16 bits per heavy atom. The molecular formula is C14H26Cl2N2O. The van der Waals surface area contributed by atoms with Gasteiger partial charge in [-0.1, -0.05) is 19.1 Å². The van der Waals surface area contributed by atoms with Crippen LogP contribution in [0.15, 0.2) is 24.3 Å². The van der Waals surface area contributed by atoms with E-state index in [1.807, 2.05) is 19.1 Å². The second-order valence-electron chi connectivity index (χ2n) is 3.96. The summed E-state index contributed by atoms with van der Waals surface area (Å²) < 4.78 is 5.40. The van der Waals surface area contributed by atoms with Gasteiger partial charge in [0, 0.05) is 6.54 Å². The van der Waals surface area contributed by atoms with Gasteiger partial charge in [-0.05, 0) is 50.7 Å². The Bertz CT molecular complexity index is 294. The Balaban J connectivity index is 0. The summed E-state index contributed by atoms with van der Waals surface area (Å²) in [6, 6.07) is 8.28. The maximum atomic E-state index is 5.40. The van der Waals surface area contributed by atoms with Crippen LogP contribution in [0.2, 0.25) is 0 Å². The first-order valence-electron chi connectivity index (χ1n) is 6.50. The van der Waals surface area contributed by atoms with Crippen molar-refractivity contribution in [3.05, 3.63) is 29.8 Å². The fraction of sp³-hybridized carbons (Fsp3) is 0.571. The topological polar surface area (TPSA) is 33.3 Å². The average molecular weight is 309 g/mol. The molecule has 0 atom stereocenters. The van der Waals surface area contributed by atoms with Gasteiger partial charge in [-0.3, -0.25) is 0 Å². The maximum absolute atomic E-state index is 5.40. The number of ether oxygens (including phenoxy) is 1. The van der Waals surface area contributed by atoms with Crippen molar-refractivity contribution in [2.24, 2.45) is 0 Å². The highest BCUT2D eigenvalue weighted by Gasteiger charge is 1.94. The van der Waals surface area contributed by atoms with E-state index in [-0.39, 0.29) is 24.8 Å². The molecule has 0 aromatic heterocycles. The molecule has 0 fully saturated rings.